The summed E-state index contributed by atoms with van der Waals surface area (Å²) in [5, 5.41) is 11.7. The summed E-state index contributed by atoms with van der Waals surface area (Å²) >= 11 is 1.27. The van der Waals surface area contributed by atoms with Gasteiger partial charge in [0, 0.05) is 17.7 Å². The van der Waals surface area contributed by atoms with Crippen LogP contribution < -0.4 is 4.74 Å². The van der Waals surface area contributed by atoms with Crippen LogP contribution >= 0.6 is 11.3 Å². The van der Waals surface area contributed by atoms with Crippen LogP contribution in [0.3, 0.4) is 0 Å². The first-order chi connectivity index (χ1) is 16.5. The van der Waals surface area contributed by atoms with Gasteiger partial charge in [-0.15, -0.1) is 11.3 Å². The first-order valence-electron chi connectivity index (χ1n) is 11.4. The Morgan fingerprint density at radius 2 is 1.82 bits per heavy atom. The fraction of sp³-hybridized carbons (Fsp3) is 0.296. The van der Waals surface area contributed by atoms with Crippen molar-refractivity contribution < 1.29 is 19.4 Å². The van der Waals surface area contributed by atoms with Gasteiger partial charge in [-0.25, -0.2) is 4.98 Å². The number of benzene rings is 2. The number of carbonyl (C=O) groups is 2. The average Bonchev–Trinajstić information content (AvgIpc) is 3.37. The van der Waals surface area contributed by atoms with Gasteiger partial charge in [0.15, 0.2) is 5.76 Å². The van der Waals surface area contributed by atoms with Gasteiger partial charge in [-0.05, 0) is 19.4 Å². The van der Waals surface area contributed by atoms with E-state index in [9.17, 15) is 14.7 Å². The first kappa shape index (κ1) is 23.7. The lowest BCUT2D eigenvalue weighted by molar-refractivity contribution is -0.129. The molecule has 3 aromatic rings. The largest absolute Gasteiger partial charge is 0.503 e. The lowest BCUT2D eigenvalue weighted by Crippen LogP contribution is -2.32. The minimum Gasteiger partial charge on any atom is -0.503 e. The van der Waals surface area contributed by atoms with Crippen LogP contribution in [0.15, 0.2) is 65.9 Å². The van der Waals surface area contributed by atoms with E-state index in [4.69, 9.17) is 4.74 Å². The van der Waals surface area contributed by atoms with Gasteiger partial charge in [0.2, 0.25) is 5.78 Å². The number of para-hydroxylation sites is 1. The van der Waals surface area contributed by atoms with Gasteiger partial charge in [-0.1, -0.05) is 68.3 Å². The number of aromatic nitrogens is 1. The van der Waals surface area contributed by atoms with Gasteiger partial charge in [-0.3, -0.25) is 9.59 Å². The highest BCUT2D eigenvalue weighted by atomic mass is 32.1. The highest BCUT2D eigenvalue weighted by Gasteiger charge is 2.45. The summed E-state index contributed by atoms with van der Waals surface area (Å²) in [6, 6.07) is 16.2. The van der Waals surface area contributed by atoms with E-state index in [0.29, 0.717) is 28.4 Å². The number of carbonyl (C=O) groups excluding carboxylic acids is 2. The standard InChI is InChI=1S/C27H28N2O4S/c1-4-5-11-16-29-22(19-14-9-10-15-20(19)33-3)21(24(31)27(29)32)23(30)25-17(2)28-26(34-25)18-12-7-6-8-13-18/h6-10,12-15,22,31H,4-5,11,16H2,1-3H3. The summed E-state index contributed by atoms with van der Waals surface area (Å²) in [5.41, 5.74) is 2.24. The molecule has 0 saturated carbocycles. The number of ether oxygens (including phenoxy) is 1. The van der Waals surface area contributed by atoms with Crippen molar-refractivity contribution in [2.45, 2.75) is 39.2 Å². The molecule has 1 atom stereocenters. The SMILES string of the molecule is CCCCCN1C(=O)C(O)=C(C(=O)c2sc(-c3ccccc3)nc2C)C1c1ccccc1OC. The molecule has 0 radical (unpaired) electrons. The van der Waals surface area contributed by atoms with Crippen molar-refractivity contribution in [1.82, 2.24) is 9.88 Å². The lowest BCUT2D eigenvalue weighted by Gasteiger charge is -2.28. The fourth-order valence-corrected chi connectivity index (χ4v) is 5.32. The van der Waals surface area contributed by atoms with E-state index in [1.54, 1.807) is 25.0 Å². The predicted octanol–water partition coefficient (Wildman–Crippen LogP) is 5.90. The van der Waals surface area contributed by atoms with Crippen LogP contribution in [-0.2, 0) is 4.79 Å². The average molecular weight is 477 g/mol. The summed E-state index contributed by atoms with van der Waals surface area (Å²) in [4.78, 5) is 33.6. The molecule has 1 amide bonds. The maximum absolute atomic E-state index is 13.9. The Kier molecular flexibility index (Phi) is 7.12. The van der Waals surface area contributed by atoms with Gasteiger partial charge in [0.25, 0.3) is 5.91 Å². The smallest absolute Gasteiger partial charge is 0.290 e. The van der Waals surface area contributed by atoms with Gasteiger partial charge in [0.05, 0.1) is 29.3 Å². The molecule has 0 bridgehead atoms. The molecular weight excluding hydrogens is 448 g/mol. The zero-order valence-electron chi connectivity index (χ0n) is 19.6. The number of hydrogen-bond donors (Lipinski definition) is 1. The number of hydrogen-bond acceptors (Lipinski definition) is 6. The number of rotatable bonds is 9. The third kappa shape index (κ3) is 4.35. The molecule has 1 unspecified atom stereocenters. The molecule has 2 aromatic carbocycles. The van der Waals surface area contributed by atoms with E-state index in [1.165, 1.54) is 11.3 Å². The van der Waals surface area contributed by atoms with E-state index in [0.717, 1.165) is 29.8 Å². The molecular formula is C27H28N2O4S. The summed E-state index contributed by atoms with van der Waals surface area (Å²) in [6.07, 6.45) is 2.72. The molecule has 1 aromatic heterocycles. The van der Waals surface area contributed by atoms with E-state index in [-0.39, 0.29) is 11.4 Å². The highest BCUT2D eigenvalue weighted by molar-refractivity contribution is 7.17. The number of aryl methyl sites for hydroxylation is 1. The molecule has 0 saturated heterocycles. The molecule has 34 heavy (non-hydrogen) atoms. The lowest BCUT2D eigenvalue weighted by atomic mass is 9.94. The Bertz CT molecular complexity index is 1230. The van der Waals surface area contributed by atoms with E-state index >= 15 is 0 Å². The van der Waals surface area contributed by atoms with Crippen molar-refractivity contribution in [3.8, 4) is 16.3 Å². The van der Waals surface area contributed by atoms with Crippen LogP contribution in [0, 0.1) is 6.92 Å². The number of aliphatic hydroxyl groups excluding tert-OH is 1. The summed E-state index contributed by atoms with van der Waals surface area (Å²) in [5.74, 6) is -0.837. The number of nitrogens with zero attached hydrogens (tertiary/aromatic N) is 2. The maximum atomic E-state index is 13.9. The molecule has 1 N–H and O–H groups in total. The van der Waals surface area contributed by atoms with Crippen LogP contribution in [-0.4, -0.2) is 40.3 Å². The fourth-order valence-electron chi connectivity index (χ4n) is 4.30. The number of ketones is 1. The van der Waals surface area contributed by atoms with Crippen LogP contribution in [0.4, 0.5) is 0 Å². The van der Waals surface area contributed by atoms with Crippen LogP contribution in [0.1, 0.15) is 53.2 Å². The predicted molar refractivity (Wildman–Crippen MR) is 133 cm³/mol. The Balaban J connectivity index is 1.79. The van der Waals surface area contributed by atoms with Crippen LogP contribution in [0.2, 0.25) is 0 Å². The number of thiazole rings is 1. The van der Waals surface area contributed by atoms with Crippen molar-refractivity contribution in [1.29, 1.82) is 0 Å². The van der Waals surface area contributed by atoms with Gasteiger partial charge >= 0.3 is 0 Å². The molecule has 0 spiro atoms. The number of amides is 1. The summed E-state index contributed by atoms with van der Waals surface area (Å²) in [6.45, 7) is 4.31. The van der Waals surface area contributed by atoms with Crippen molar-refractivity contribution in [3.05, 3.63) is 82.1 Å². The Labute approximate surface area is 203 Å². The molecule has 7 heteroatoms. The number of methoxy groups -OCH3 is 1. The molecule has 176 valence electrons. The quantitative estimate of drug-likeness (QED) is 0.307. The summed E-state index contributed by atoms with van der Waals surface area (Å²) in [7, 11) is 1.56. The van der Waals surface area contributed by atoms with Gasteiger partial charge in [0.1, 0.15) is 10.8 Å². The molecule has 0 aliphatic carbocycles. The zero-order chi connectivity index (χ0) is 24.2. The van der Waals surface area contributed by atoms with Crippen molar-refractivity contribution >= 4 is 23.0 Å². The van der Waals surface area contributed by atoms with E-state index in [2.05, 4.69) is 11.9 Å². The van der Waals surface area contributed by atoms with Crippen molar-refractivity contribution in [2.75, 3.05) is 13.7 Å². The Morgan fingerprint density at radius 1 is 1.12 bits per heavy atom. The monoisotopic (exact) mass is 476 g/mol. The zero-order valence-corrected chi connectivity index (χ0v) is 20.4. The second-order valence-electron chi connectivity index (χ2n) is 8.24. The molecule has 4 rings (SSSR count). The second-order valence-corrected chi connectivity index (χ2v) is 9.24. The molecule has 6 nitrogen and oxygen atoms in total. The van der Waals surface area contributed by atoms with Crippen LogP contribution in [0.25, 0.3) is 10.6 Å². The number of aliphatic hydroxyl groups is 1. The topological polar surface area (TPSA) is 79.7 Å². The Hall–Kier alpha value is -3.45. The number of Topliss-reactive ketones (excluding diaryl/α,β-unsaturated/α-hetero) is 1. The normalized spacial score (nSPS) is 15.8. The first-order valence-corrected chi connectivity index (χ1v) is 12.2. The Morgan fingerprint density at radius 3 is 2.53 bits per heavy atom. The highest BCUT2D eigenvalue weighted by Crippen LogP contribution is 2.43. The third-order valence-electron chi connectivity index (χ3n) is 6.01. The third-order valence-corrected chi connectivity index (χ3v) is 7.21. The van der Waals surface area contributed by atoms with Crippen LogP contribution in [0.5, 0.6) is 5.75 Å². The summed E-state index contributed by atoms with van der Waals surface area (Å²) < 4.78 is 5.56. The van der Waals surface area contributed by atoms with E-state index < -0.39 is 17.7 Å². The van der Waals surface area contributed by atoms with Gasteiger partial charge in [-0.2, -0.15) is 0 Å². The minimum atomic E-state index is -0.727. The molecule has 2 heterocycles. The molecule has 1 aliphatic heterocycles. The number of unbranched alkanes of at least 4 members (excludes halogenated alkanes) is 2. The van der Waals surface area contributed by atoms with E-state index in [1.807, 2.05) is 48.5 Å². The van der Waals surface area contributed by atoms with Crippen molar-refractivity contribution in [3.63, 3.8) is 0 Å². The second kappa shape index (κ2) is 10.2. The minimum absolute atomic E-state index is 0.0809. The van der Waals surface area contributed by atoms with Crippen molar-refractivity contribution in [2.24, 2.45) is 0 Å². The molecule has 1 aliphatic rings. The molecule has 0 fully saturated rings. The van der Waals surface area contributed by atoms with Gasteiger partial charge < -0.3 is 14.7 Å². The maximum Gasteiger partial charge on any atom is 0.290 e.